The second-order valence-corrected chi connectivity index (χ2v) is 6.09. The molecule has 100 valence electrons. The van der Waals surface area contributed by atoms with E-state index in [1.54, 1.807) is 0 Å². The number of rotatable bonds is 5. The third-order valence-corrected chi connectivity index (χ3v) is 4.06. The fourth-order valence-corrected chi connectivity index (χ4v) is 2.92. The number of halogens is 1. The van der Waals surface area contributed by atoms with Crippen molar-refractivity contribution in [2.45, 2.75) is 25.5 Å². The molecule has 1 aromatic rings. The van der Waals surface area contributed by atoms with Crippen LogP contribution >= 0.6 is 15.9 Å². The second-order valence-electron chi connectivity index (χ2n) is 5.18. The Balaban J connectivity index is 2.07. The molecule has 2 N–H and O–H groups in total. The van der Waals surface area contributed by atoms with Crippen molar-refractivity contribution >= 4 is 21.6 Å². The van der Waals surface area contributed by atoms with Crippen LogP contribution < -0.4 is 10.2 Å². The van der Waals surface area contributed by atoms with Crippen molar-refractivity contribution in [3.05, 3.63) is 28.2 Å². The van der Waals surface area contributed by atoms with Crippen LogP contribution in [0.1, 0.15) is 18.4 Å². The largest absolute Gasteiger partial charge is 0.393 e. The number of hydrogen-bond donors (Lipinski definition) is 2. The van der Waals surface area contributed by atoms with Crippen molar-refractivity contribution < 1.29 is 5.11 Å². The topological polar surface area (TPSA) is 35.5 Å². The van der Waals surface area contributed by atoms with E-state index >= 15 is 0 Å². The molecule has 4 heteroatoms. The van der Waals surface area contributed by atoms with Gasteiger partial charge in [0, 0.05) is 30.3 Å². The van der Waals surface area contributed by atoms with Crippen molar-refractivity contribution in [1.29, 1.82) is 0 Å². The summed E-state index contributed by atoms with van der Waals surface area (Å²) in [7, 11) is 4.10. The lowest BCUT2D eigenvalue weighted by Gasteiger charge is -2.35. The Bertz CT molecular complexity index is 405. The lowest BCUT2D eigenvalue weighted by molar-refractivity contribution is 0.0464. The molecule has 0 atom stereocenters. The molecule has 0 heterocycles. The summed E-state index contributed by atoms with van der Waals surface area (Å²) in [6.45, 7) is 1.89. The molecule has 0 radical (unpaired) electrons. The average Bonchev–Trinajstić information content (AvgIpc) is 2.29. The molecule has 0 bridgehead atoms. The van der Waals surface area contributed by atoms with E-state index in [2.05, 4.69) is 51.4 Å². The van der Waals surface area contributed by atoms with Gasteiger partial charge in [-0.25, -0.2) is 0 Å². The van der Waals surface area contributed by atoms with Gasteiger partial charge in [0.1, 0.15) is 0 Å². The van der Waals surface area contributed by atoms with Crippen LogP contribution in [0.5, 0.6) is 0 Å². The fraction of sp³-hybridized carbons (Fsp3) is 0.571. The molecule has 1 aromatic carbocycles. The molecule has 0 aliphatic heterocycles. The Morgan fingerprint density at radius 3 is 2.78 bits per heavy atom. The van der Waals surface area contributed by atoms with E-state index in [1.807, 2.05) is 7.05 Å². The average molecular weight is 313 g/mol. The minimum atomic E-state index is -0.0670. The highest BCUT2D eigenvalue weighted by molar-refractivity contribution is 9.10. The first-order chi connectivity index (χ1) is 8.60. The summed E-state index contributed by atoms with van der Waals surface area (Å²) in [5.74, 6) is 0.631. The Morgan fingerprint density at radius 1 is 1.44 bits per heavy atom. The Hall–Kier alpha value is -0.580. The van der Waals surface area contributed by atoms with Crippen LogP contribution in [0, 0.1) is 5.92 Å². The van der Waals surface area contributed by atoms with Crippen molar-refractivity contribution in [3.63, 3.8) is 0 Å². The second kappa shape index (κ2) is 6.04. The lowest BCUT2D eigenvalue weighted by Crippen LogP contribution is -2.37. The van der Waals surface area contributed by atoms with Crippen LogP contribution in [0.4, 0.5) is 5.69 Å². The van der Waals surface area contributed by atoms with Gasteiger partial charge >= 0.3 is 0 Å². The van der Waals surface area contributed by atoms with E-state index in [0.29, 0.717) is 5.92 Å². The first kappa shape index (κ1) is 13.8. The van der Waals surface area contributed by atoms with Crippen molar-refractivity contribution in [3.8, 4) is 0 Å². The SMILES string of the molecule is CNCc1ccc(Br)cc1N(C)CC1CC(O)C1. The van der Waals surface area contributed by atoms with E-state index in [1.165, 1.54) is 11.3 Å². The number of hydrogen-bond acceptors (Lipinski definition) is 3. The third kappa shape index (κ3) is 3.25. The van der Waals surface area contributed by atoms with Gasteiger partial charge in [-0.05, 0) is 43.5 Å². The summed E-state index contributed by atoms with van der Waals surface area (Å²) >= 11 is 3.54. The minimum Gasteiger partial charge on any atom is -0.393 e. The van der Waals surface area contributed by atoms with E-state index in [4.69, 9.17) is 0 Å². The summed E-state index contributed by atoms with van der Waals surface area (Å²) in [6.07, 6.45) is 1.82. The van der Waals surface area contributed by atoms with Gasteiger partial charge in [0.2, 0.25) is 0 Å². The van der Waals surface area contributed by atoms with E-state index < -0.39 is 0 Å². The summed E-state index contributed by atoms with van der Waals surface area (Å²) in [6, 6.07) is 6.40. The van der Waals surface area contributed by atoms with Gasteiger partial charge in [0.05, 0.1) is 6.10 Å². The zero-order valence-corrected chi connectivity index (χ0v) is 12.6. The molecule has 0 saturated heterocycles. The molecule has 1 aliphatic carbocycles. The van der Waals surface area contributed by atoms with E-state index in [-0.39, 0.29) is 6.10 Å². The standard InChI is InChI=1S/C14H21BrN2O/c1-16-8-11-3-4-12(15)7-14(11)17(2)9-10-5-13(18)6-10/h3-4,7,10,13,16,18H,5-6,8-9H2,1-2H3. The Morgan fingerprint density at radius 2 is 2.17 bits per heavy atom. The molecular formula is C14H21BrN2O. The quantitative estimate of drug-likeness (QED) is 0.876. The third-order valence-electron chi connectivity index (χ3n) is 3.57. The zero-order chi connectivity index (χ0) is 13.1. The van der Waals surface area contributed by atoms with Crippen LogP contribution in [-0.2, 0) is 6.54 Å². The first-order valence-corrected chi connectivity index (χ1v) is 7.21. The Labute approximate surface area is 117 Å². The predicted octanol–water partition coefficient (Wildman–Crippen LogP) is 2.38. The first-order valence-electron chi connectivity index (χ1n) is 6.42. The molecule has 1 aliphatic rings. The van der Waals surface area contributed by atoms with Crippen molar-refractivity contribution in [1.82, 2.24) is 5.32 Å². The maximum atomic E-state index is 9.35. The van der Waals surface area contributed by atoms with Gasteiger partial charge in [0.15, 0.2) is 0 Å². The van der Waals surface area contributed by atoms with Gasteiger partial charge < -0.3 is 15.3 Å². The number of aliphatic hydroxyl groups is 1. The Kier molecular flexibility index (Phi) is 4.65. The molecule has 1 fully saturated rings. The molecule has 1 saturated carbocycles. The van der Waals surface area contributed by atoms with Crippen LogP contribution in [0.15, 0.2) is 22.7 Å². The lowest BCUT2D eigenvalue weighted by atomic mass is 9.82. The van der Waals surface area contributed by atoms with E-state index in [9.17, 15) is 5.11 Å². The van der Waals surface area contributed by atoms with Gasteiger partial charge in [-0.15, -0.1) is 0 Å². The van der Waals surface area contributed by atoms with Crippen LogP contribution in [0.3, 0.4) is 0 Å². The summed E-state index contributed by atoms with van der Waals surface area (Å²) < 4.78 is 1.11. The normalized spacial score (nSPS) is 22.7. The van der Waals surface area contributed by atoms with Crippen molar-refractivity contribution in [2.75, 3.05) is 25.5 Å². The molecule has 3 nitrogen and oxygen atoms in total. The van der Waals surface area contributed by atoms with Crippen LogP contribution in [0.25, 0.3) is 0 Å². The van der Waals surface area contributed by atoms with Gasteiger partial charge in [-0.2, -0.15) is 0 Å². The number of aliphatic hydroxyl groups excluding tert-OH is 1. The summed E-state index contributed by atoms with van der Waals surface area (Å²) in [4.78, 5) is 2.30. The smallest absolute Gasteiger partial charge is 0.0546 e. The van der Waals surface area contributed by atoms with Crippen LogP contribution in [0.2, 0.25) is 0 Å². The minimum absolute atomic E-state index is 0.0670. The summed E-state index contributed by atoms with van der Waals surface area (Å²) in [5, 5.41) is 12.6. The van der Waals surface area contributed by atoms with Gasteiger partial charge in [0.25, 0.3) is 0 Å². The van der Waals surface area contributed by atoms with Crippen molar-refractivity contribution in [2.24, 2.45) is 5.92 Å². The molecule has 18 heavy (non-hydrogen) atoms. The molecule has 0 spiro atoms. The maximum Gasteiger partial charge on any atom is 0.0546 e. The highest BCUT2D eigenvalue weighted by atomic mass is 79.9. The predicted molar refractivity (Wildman–Crippen MR) is 78.9 cm³/mol. The van der Waals surface area contributed by atoms with E-state index in [0.717, 1.165) is 30.4 Å². The number of nitrogens with zero attached hydrogens (tertiary/aromatic N) is 1. The highest BCUT2D eigenvalue weighted by Crippen LogP contribution is 2.31. The van der Waals surface area contributed by atoms with Crippen LogP contribution in [-0.4, -0.2) is 31.9 Å². The number of anilines is 1. The molecular weight excluding hydrogens is 292 g/mol. The maximum absolute atomic E-state index is 9.35. The zero-order valence-electron chi connectivity index (χ0n) is 11.0. The summed E-state index contributed by atoms with van der Waals surface area (Å²) in [5.41, 5.74) is 2.57. The molecule has 0 amide bonds. The van der Waals surface area contributed by atoms with Gasteiger partial charge in [-0.3, -0.25) is 0 Å². The number of nitrogens with one attached hydrogen (secondary N) is 1. The van der Waals surface area contributed by atoms with Gasteiger partial charge in [-0.1, -0.05) is 22.0 Å². The highest BCUT2D eigenvalue weighted by Gasteiger charge is 2.28. The molecule has 0 aromatic heterocycles. The molecule has 0 unspecified atom stereocenters. The number of benzene rings is 1. The molecule has 2 rings (SSSR count). The monoisotopic (exact) mass is 312 g/mol. The fourth-order valence-electron chi connectivity index (χ4n) is 2.57.